The molecule has 3 heteroatoms. The molecule has 0 aromatic heterocycles. The van der Waals surface area contributed by atoms with Crippen LogP contribution in [0.25, 0.3) is 0 Å². The number of carbonyl (C=O) groups is 1. The normalized spacial score (nSPS) is 12.1. The van der Waals surface area contributed by atoms with Crippen LogP contribution < -0.4 is 0 Å². The van der Waals surface area contributed by atoms with E-state index in [0.29, 0.717) is 0 Å². The number of hydrogen-bond acceptors (Lipinski definition) is 1. The molecule has 17 heavy (non-hydrogen) atoms. The van der Waals surface area contributed by atoms with Crippen LogP contribution in [0.2, 0.25) is 0 Å². The first-order chi connectivity index (χ1) is 8.20. The van der Waals surface area contributed by atoms with E-state index in [4.69, 9.17) is 0 Å². The largest absolute Gasteiger partial charge is 0.481 e. The van der Waals surface area contributed by atoms with Gasteiger partial charge in [-0.2, -0.15) is 0 Å². The summed E-state index contributed by atoms with van der Waals surface area (Å²) in [5, 5.41) is 9.40. The molecule has 1 atom stereocenters. The molecular weight excluding hydrogens is 327 g/mol. The molecule has 0 heterocycles. The lowest BCUT2D eigenvalue weighted by Crippen LogP contribution is -2.14. The molecule has 0 spiro atoms. The fraction of sp³-hybridized carbons (Fsp3) is 0.0714. The number of aliphatic carboxylic acids is 1. The molecule has 0 aliphatic rings. The smallest absolute Gasteiger partial charge is 0.315 e. The summed E-state index contributed by atoms with van der Waals surface area (Å²) in [6.45, 7) is 0. The second-order valence-corrected chi connectivity index (χ2v) is 4.87. The molecule has 0 aliphatic carbocycles. The Morgan fingerprint density at radius 3 is 2.18 bits per heavy atom. The first kappa shape index (κ1) is 12.1. The van der Waals surface area contributed by atoms with Crippen molar-refractivity contribution in [1.29, 1.82) is 0 Å². The van der Waals surface area contributed by atoms with Gasteiger partial charge in [0.05, 0.1) is 0 Å². The molecule has 0 radical (unpaired) electrons. The molecule has 0 aliphatic heterocycles. The van der Waals surface area contributed by atoms with Gasteiger partial charge >= 0.3 is 5.97 Å². The van der Waals surface area contributed by atoms with Crippen molar-refractivity contribution < 1.29 is 9.90 Å². The van der Waals surface area contributed by atoms with E-state index in [1.54, 1.807) is 0 Å². The van der Waals surface area contributed by atoms with Crippen molar-refractivity contribution in [3.63, 3.8) is 0 Å². The Bertz CT molecular complexity index is 523. The first-order valence-corrected chi connectivity index (χ1v) is 6.30. The second-order valence-electron chi connectivity index (χ2n) is 3.70. The lowest BCUT2D eigenvalue weighted by Gasteiger charge is -2.14. The van der Waals surface area contributed by atoms with Gasteiger partial charge in [0.2, 0.25) is 0 Å². The van der Waals surface area contributed by atoms with Gasteiger partial charge in [-0.05, 0) is 39.8 Å². The highest BCUT2D eigenvalue weighted by atomic mass is 127. The van der Waals surface area contributed by atoms with Gasteiger partial charge in [-0.15, -0.1) is 0 Å². The predicted molar refractivity (Wildman–Crippen MR) is 75.1 cm³/mol. The number of carboxylic acids is 1. The molecular formula is C14H11IO2. The summed E-state index contributed by atoms with van der Waals surface area (Å²) in [5.41, 5.74) is 1.65. The van der Waals surface area contributed by atoms with Crippen LogP contribution in [0.5, 0.6) is 0 Å². The SMILES string of the molecule is O=C(O)C(c1ccccc1)c1ccccc1I. The van der Waals surface area contributed by atoms with Crippen LogP contribution in [0.4, 0.5) is 0 Å². The number of halogens is 1. The number of rotatable bonds is 3. The Kier molecular flexibility index (Phi) is 3.78. The minimum Gasteiger partial charge on any atom is -0.481 e. The molecule has 0 saturated carbocycles. The molecule has 1 N–H and O–H groups in total. The molecule has 0 saturated heterocycles. The van der Waals surface area contributed by atoms with Gasteiger partial charge in [-0.3, -0.25) is 4.79 Å². The van der Waals surface area contributed by atoms with Crippen LogP contribution in [-0.2, 0) is 4.79 Å². The third-order valence-corrected chi connectivity index (χ3v) is 3.58. The molecule has 0 bridgehead atoms. The van der Waals surface area contributed by atoms with Crippen molar-refractivity contribution in [3.8, 4) is 0 Å². The molecule has 2 aromatic rings. The van der Waals surface area contributed by atoms with Crippen LogP contribution in [0.1, 0.15) is 17.0 Å². The van der Waals surface area contributed by atoms with E-state index in [2.05, 4.69) is 22.6 Å². The number of carboxylic acid groups (broad SMARTS) is 1. The monoisotopic (exact) mass is 338 g/mol. The summed E-state index contributed by atoms with van der Waals surface area (Å²) >= 11 is 2.17. The minimum absolute atomic E-state index is 0.593. The lowest BCUT2D eigenvalue weighted by molar-refractivity contribution is -0.137. The van der Waals surface area contributed by atoms with E-state index in [9.17, 15) is 9.90 Å². The molecule has 2 nitrogen and oxygen atoms in total. The van der Waals surface area contributed by atoms with E-state index in [-0.39, 0.29) is 0 Å². The van der Waals surface area contributed by atoms with E-state index < -0.39 is 11.9 Å². The van der Waals surface area contributed by atoms with Gasteiger partial charge < -0.3 is 5.11 Å². The van der Waals surface area contributed by atoms with Crippen molar-refractivity contribution in [1.82, 2.24) is 0 Å². The van der Waals surface area contributed by atoms with Crippen molar-refractivity contribution in [3.05, 3.63) is 69.3 Å². The van der Waals surface area contributed by atoms with Crippen molar-refractivity contribution >= 4 is 28.6 Å². The summed E-state index contributed by atoms with van der Waals surface area (Å²) in [5.74, 6) is -1.41. The van der Waals surface area contributed by atoms with E-state index in [0.717, 1.165) is 14.7 Å². The Morgan fingerprint density at radius 2 is 1.59 bits per heavy atom. The molecule has 2 rings (SSSR count). The Labute approximate surface area is 113 Å². The maximum atomic E-state index is 11.4. The van der Waals surface area contributed by atoms with E-state index in [1.807, 2.05) is 54.6 Å². The molecule has 0 fully saturated rings. The standard InChI is InChI=1S/C14H11IO2/c15-12-9-5-4-8-11(12)13(14(16)17)10-6-2-1-3-7-10/h1-9,13H,(H,16,17). The van der Waals surface area contributed by atoms with E-state index >= 15 is 0 Å². The molecule has 2 aromatic carbocycles. The van der Waals surface area contributed by atoms with Gasteiger partial charge in [0.15, 0.2) is 0 Å². The summed E-state index contributed by atoms with van der Waals surface area (Å²) in [6, 6.07) is 16.9. The average molecular weight is 338 g/mol. The maximum absolute atomic E-state index is 11.4. The Balaban J connectivity index is 2.51. The van der Waals surface area contributed by atoms with Gasteiger partial charge in [0.1, 0.15) is 5.92 Å². The van der Waals surface area contributed by atoms with Gasteiger partial charge in [-0.1, -0.05) is 48.5 Å². The zero-order valence-corrected chi connectivity index (χ0v) is 11.2. The summed E-state index contributed by atoms with van der Waals surface area (Å²) in [6.07, 6.45) is 0. The van der Waals surface area contributed by atoms with Gasteiger partial charge in [-0.25, -0.2) is 0 Å². The predicted octanol–water partition coefficient (Wildman–Crippen LogP) is 3.51. The summed E-state index contributed by atoms with van der Waals surface area (Å²) in [4.78, 5) is 11.4. The average Bonchev–Trinajstić information content (AvgIpc) is 2.33. The zero-order chi connectivity index (χ0) is 12.3. The topological polar surface area (TPSA) is 37.3 Å². The first-order valence-electron chi connectivity index (χ1n) is 5.22. The number of hydrogen-bond donors (Lipinski definition) is 1. The third-order valence-electron chi connectivity index (χ3n) is 2.60. The highest BCUT2D eigenvalue weighted by molar-refractivity contribution is 14.1. The lowest BCUT2D eigenvalue weighted by atomic mass is 9.91. The minimum atomic E-state index is -0.819. The quantitative estimate of drug-likeness (QED) is 0.870. The van der Waals surface area contributed by atoms with Crippen LogP contribution >= 0.6 is 22.6 Å². The summed E-state index contributed by atoms with van der Waals surface area (Å²) < 4.78 is 0.973. The highest BCUT2D eigenvalue weighted by Gasteiger charge is 2.23. The van der Waals surface area contributed by atoms with Crippen LogP contribution in [0.3, 0.4) is 0 Å². The number of benzene rings is 2. The Hall–Kier alpha value is -1.36. The van der Waals surface area contributed by atoms with Crippen molar-refractivity contribution in [2.24, 2.45) is 0 Å². The third kappa shape index (κ3) is 2.66. The van der Waals surface area contributed by atoms with Gasteiger partial charge in [0.25, 0.3) is 0 Å². The highest BCUT2D eigenvalue weighted by Crippen LogP contribution is 2.28. The van der Waals surface area contributed by atoms with E-state index in [1.165, 1.54) is 0 Å². The van der Waals surface area contributed by atoms with Crippen molar-refractivity contribution in [2.75, 3.05) is 0 Å². The maximum Gasteiger partial charge on any atom is 0.315 e. The molecule has 1 unspecified atom stereocenters. The zero-order valence-electron chi connectivity index (χ0n) is 9.01. The van der Waals surface area contributed by atoms with Crippen LogP contribution in [0, 0.1) is 3.57 Å². The fourth-order valence-corrected chi connectivity index (χ4v) is 2.51. The second kappa shape index (κ2) is 5.31. The Morgan fingerprint density at radius 1 is 1.00 bits per heavy atom. The van der Waals surface area contributed by atoms with Crippen molar-refractivity contribution in [2.45, 2.75) is 5.92 Å². The fourth-order valence-electron chi connectivity index (χ4n) is 1.81. The summed E-state index contributed by atoms with van der Waals surface area (Å²) in [7, 11) is 0. The van der Waals surface area contributed by atoms with Gasteiger partial charge in [0, 0.05) is 3.57 Å². The molecule has 86 valence electrons. The van der Waals surface area contributed by atoms with Crippen LogP contribution in [-0.4, -0.2) is 11.1 Å². The van der Waals surface area contributed by atoms with Crippen LogP contribution in [0.15, 0.2) is 54.6 Å². The molecule has 0 amide bonds.